The molecule has 2 aromatic rings. The molecule has 1 aliphatic rings. The van der Waals surface area contributed by atoms with E-state index in [0.717, 1.165) is 44.2 Å². The van der Waals surface area contributed by atoms with Gasteiger partial charge in [0.2, 0.25) is 0 Å². The fourth-order valence-corrected chi connectivity index (χ4v) is 3.55. The smallest absolute Gasteiger partial charge is 0.191 e. The second-order valence-corrected chi connectivity index (χ2v) is 7.56. The number of benzene rings is 2. The molecule has 1 saturated heterocycles. The fraction of sp³-hybridized carbons (Fsp3) is 0.458. The Morgan fingerprint density at radius 1 is 1.06 bits per heavy atom. The van der Waals surface area contributed by atoms with E-state index in [1.54, 1.807) is 0 Å². The van der Waals surface area contributed by atoms with Gasteiger partial charge in [0.05, 0.1) is 13.1 Å². The molecule has 0 atom stereocenters. The molecule has 1 fully saturated rings. The first-order chi connectivity index (χ1) is 14.8. The van der Waals surface area contributed by atoms with Crippen LogP contribution >= 0.6 is 24.0 Å². The van der Waals surface area contributed by atoms with Gasteiger partial charge in [0, 0.05) is 31.9 Å². The van der Waals surface area contributed by atoms with Gasteiger partial charge in [-0.3, -0.25) is 0 Å². The monoisotopic (exact) mass is 538 g/mol. The molecule has 1 aliphatic heterocycles. The molecule has 3 rings (SSSR count). The number of aliphatic imine (C=N–C) groups is 1. The predicted molar refractivity (Wildman–Crippen MR) is 139 cm³/mol. The molecule has 0 spiro atoms. The second-order valence-electron chi connectivity index (χ2n) is 7.56. The Kier molecular flexibility index (Phi) is 11.5. The summed E-state index contributed by atoms with van der Waals surface area (Å²) in [6.07, 6.45) is 2.13. The zero-order valence-corrected chi connectivity index (χ0v) is 20.6. The molecule has 0 saturated carbocycles. The molecule has 0 amide bonds. The van der Waals surface area contributed by atoms with E-state index in [1.165, 1.54) is 11.3 Å². The number of ether oxygens (including phenoxy) is 1. The third kappa shape index (κ3) is 8.57. The Morgan fingerprint density at radius 3 is 2.42 bits per heavy atom. The zero-order chi connectivity index (χ0) is 21.0. The summed E-state index contributed by atoms with van der Waals surface area (Å²) in [6.45, 7) is 7.11. The van der Waals surface area contributed by atoms with E-state index in [4.69, 9.17) is 4.74 Å². The van der Waals surface area contributed by atoms with Gasteiger partial charge in [0.1, 0.15) is 12.4 Å². The Balaban J connectivity index is 0.00000341. The van der Waals surface area contributed by atoms with Gasteiger partial charge in [-0.05, 0) is 55.5 Å². The predicted octanol–water partition coefficient (Wildman–Crippen LogP) is 3.65. The third-order valence-electron chi connectivity index (χ3n) is 5.34. The summed E-state index contributed by atoms with van der Waals surface area (Å²) in [4.78, 5) is 7.09. The first kappa shape index (κ1) is 25.3. The van der Waals surface area contributed by atoms with Crippen LogP contribution in [0, 0.1) is 5.92 Å². The van der Waals surface area contributed by atoms with E-state index in [2.05, 4.69) is 51.7 Å². The molecule has 1 heterocycles. The number of nitrogens with zero attached hydrogens (tertiary/aromatic N) is 2. The molecular weight excluding hydrogens is 503 g/mol. The average Bonchev–Trinajstić information content (AvgIpc) is 2.81. The highest BCUT2D eigenvalue weighted by molar-refractivity contribution is 14.0. The molecule has 0 bridgehead atoms. The SMILES string of the molecule is CCNC(=NCc1ccc(N2CCC(CO)CC2)cc1)NCCOc1ccccc1.I. The highest BCUT2D eigenvalue weighted by atomic mass is 127. The minimum atomic E-state index is 0. The largest absolute Gasteiger partial charge is 0.492 e. The normalized spacial score (nSPS) is 14.6. The highest BCUT2D eigenvalue weighted by Crippen LogP contribution is 2.23. The summed E-state index contributed by atoms with van der Waals surface area (Å²) >= 11 is 0. The van der Waals surface area contributed by atoms with Crippen LogP contribution in [0.5, 0.6) is 5.75 Å². The lowest BCUT2D eigenvalue weighted by Gasteiger charge is -2.32. The Bertz CT molecular complexity index is 763. The van der Waals surface area contributed by atoms with E-state index in [-0.39, 0.29) is 24.0 Å². The van der Waals surface area contributed by atoms with Crippen molar-refractivity contribution in [1.29, 1.82) is 0 Å². The van der Waals surface area contributed by atoms with Crippen LogP contribution in [0.4, 0.5) is 5.69 Å². The van der Waals surface area contributed by atoms with Gasteiger partial charge >= 0.3 is 0 Å². The van der Waals surface area contributed by atoms with Gasteiger partial charge in [-0.2, -0.15) is 0 Å². The molecule has 0 unspecified atom stereocenters. The van der Waals surface area contributed by atoms with Crippen LogP contribution in [0.3, 0.4) is 0 Å². The molecule has 3 N–H and O–H groups in total. The summed E-state index contributed by atoms with van der Waals surface area (Å²) in [5.74, 6) is 2.14. The summed E-state index contributed by atoms with van der Waals surface area (Å²) in [7, 11) is 0. The number of nitrogens with one attached hydrogen (secondary N) is 2. The minimum Gasteiger partial charge on any atom is -0.492 e. The molecule has 0 aromatic heterocycles. The van der Waals surface area contributed by atoms with Gasteiger partial charge in [0.15, 0.2) is 5.96 Å². The number of para-hydroxylation sites is 1. The van der Waals surface area contributed by atoms with Crippen LogP contribution in [0.15, 0.2) is 59.6 Å². The van der Waals surface area contributed by atoms with Crippen LogP contribution in [-0.4, -0.2) is 50.5 Å². The van der Waals surface area contributed by atoms with E-state index in [0.29, 0.717) is 32.2 Å². The molecule has 170 valence electrons. The van der Waals surface area contributed by atoms with Crippen molar-refractivity contribution in [2.24, 2.45) is 10.9 Å². The van der Waals surface area contributed by atoms with Gasteiger partial charge in [-0.25, -0.2) is 4.99 Å². The quantitative estimate of drug-likeness (QED) is 0.197. The van der Waals surface area contributed by atoms with Crippen molar-refractivity contribution in [3.8, 4) is 5.75 Å². The van der Waals surface area contributed by atoms with E-state index in [1.807, 2.05) is 30.3 Å². The van der Waals surface area contributed by atoms with Crippen LogP contribution in [0.1, 0.15) is 25.3 Å². The van der Waals surface area contributed by atoms with Gasteiger partial charge in [-0.15, -0.1) is 24.0 Å². The molecule has 31 heavy (non-hydrogen) atoms. The van der Waals surface area contributed by atoms with Crippen molar-refractivity contribution < 1.29 is 9.84 Å². The Labute approximate surface area is 203 Å². The Morgan fingerprint density at radius 2 is 1.77 bits per heavy atom. The van der Waals surface area contributed by atoms with Gasteiger partial charge in [0.25, 0.3) is 0 Å². The molecule has 0 radical (unpaired) electrons. The number of rotatable bonds is 9. The van der Waals surface area contributed by atoms with Crippen LogP contribution < -0.4 is 20.3 Å². The number of anilines is 1. The first-order valence-electron chi connectivity index (χ1n) is 10.9. The van der Waals surface area contributed by atoms with Crippen molar-refractivity contribution >= 4 is 35.6 Å². The van der Waals surface area contributed by atoms with E-state index in [9.17, 15) is 5.11 Å². The maximum atomic E-state index is 9.30. The first-order valence-corrected chi connectivity index (χ1v) is 10.9. The second kappa shape index (κ2) is 14.1. The maximum Gasteiger partial charge on any atom is 0.191 e. The number of aliphatic hydroxyl groups is 1. The molecule has 6 nitrogen and oxygen atoms in total. The van der Waals surface area contributed by atoms with Crippen molar-refractivity contribution in [2.45, 2.75) is 26.3 Å². The lowest BCUT2D eigenvalue weighted by Crippen LogP contribution is -2.39. The van der Waals surface area contributed by atoms with Gasteiger partial charge in [-0.1, -0.05) is 30.3 Å². The Hall–Kier alpha value is -2.00. The summed E-state index contributed by atoms with van der Waals surface area (Å²) in [5.41, 5.74) is 2.43. The van der Waals surface area contributed by atoms with Crippen molar-refractivity contribution in [1.82, 2.24) is 10.6 Å². The third-order valence-corrected chi connectivity index (χ3v) is 5.34. The maximum absolute atomic E-state index is 9.30. The van der Waals surface area contributed by atoms with Gasteiger partial charge < -0.3 is 25.4 Å². The van der Waals surface area contributed by atoms with Crippen LogP contribution in [0.25, 0.3) is 0 Å². The summed E-state index contributed by atoms with van der Waals surface area (Å²) in [6, 6.07) is 18.5. The fourth-order valence-electron chi connectivity index (χ4n) is 3.55. The number of halogens is 1. The molecular formula is C24H35IN4O2. The topological polar surface area (TPSA) is 69.1 Å². The van der Waals surface area contributed by atoms with Crippen molar-refractivity contribution in [3.05, 3.63) is 60.2 Å². The van der Waals surface area contributed by atoms with Crippen molar-refractivity contribution in [2.75, 3.05) is 44.3 Å². The lowest BCUT2D eigenvalue weighted by atomic mass is 9.97. The zero-order valence-electron chi connectivity index (χ0n) is 18.3. The summed E-state index contributed by atoms with van der Waals surface area (Å²) < 4.78 is 5.72. The van der Waals surface area contributed by atoms with E-state index >= 15 is 0 Å². The van der Waals surface area contributed by atoms with Crippen LogP contribution in [0.2, 0.25) is 0 Å². The number of hydrogen-bond donors (Lipinski definition) is 3. The molecule has 7 heteroatoms. The number of aliphatic hydroxyl groups excluding tert-OH is 1. The highest BCUT2D eigenvalue weighted by Gasteiger charge is 2.18. The van der Waals surface area contributed by atoms with E-state index < -0.39 is 0 Å². The number of piperidine rings is 1. The average molecular weight is 538 g/mol. The molecule has 2 aromatic carbocycles. The molecule has 0 aliphatic carbocycles. The van der Waals surface area contributed by atoms with Crippen LogP contribution in [-0.2, 0) is 6.54 Å². The number of hydrogen-bond acceptors (Lipinski definition) is 4. The minimum absolute atomic E-state index is 0. The lowest BCUT2D eigenvalue weighted by molar-refractivity contribution is 0.203. The summed E-state index contributed by atoms with van der Waals surface area (Å²) in [5, 5.41) is 15.9. The number of guanidine groups is 1. The van der Waals surface area contributed by atoms with Crippen molar-refractivity contribution in [3.63, 3.8) is 0 Å². The standard InChI is InChI=1S/C24H34N4O2.HI/c1-2-25-24(26-14-17-30-23-6-4-3-5-7-23)27-18-20-8-10-22(11-9-20)28-15-12-21(19-29)13-16-28;/h3-11,21,29H,2,12-19H2,1H3,(H2,25,26,27);1H.